The second kappa shape index (κ2) is 9.85. The molecule has 0 aromatic heterocycles. The Labute approximate surface area is 157 Å². The van der Waals surface area contributed by atoms with Crippen molar-refractivity contribution < 1.29 is 8.78 Å². The van der Waals surface area contributed by atoms with Gasteiger partial charge in [-0.05, 0) is 86.6 Å². The Morgan fingerprint density at radius 2 is 1.54 bits per heavy atom. The lowest BCUT2D eigenvalue weighted by Gasteiger charge is -2.25. The standard InChI is InChI=1S/C24H31F2/c1-5-19(10-12-21-9-7-18(4)16-24(21)26)20(6-2)11-13-22-15-17(3)8-14-23(22)25/h7-9,14-16,19H,5-6,10-13H2,1-4H3. The molecule has 1 unspecified atom stereocenters. The normalized spacial score (nSPS) is 12.6. The van der Waals surface area contributed by atoms with E-state index >= 15 is 0 Å². The van der Waals surface area contributed by atoms with Gasteiger partial charge in [-0.15, -0.1) is 0 Å². The molecule has 141 valence electrons. The Morgan fingerprint density at radius 1 is 0.846 bits per heavy atom. The van der Waals surface area contributed by atoms with Crippen molar-refractivity contribution >= 4 is 0 Å². The van der Waals surface area contributed by atoms with Crippen LogP contribution in [-0.2, 0) is 12.8 Å². The fourth-order valence-corrected chi connectivity index (χ4v) is 3.74. The lowest BCUT2D eigenvalue weighted by molar-refractivity contribution is 0.436. The van der Waals surface area contributed by atoms with Crippen molar-refractivity contribution in [2.75, 3.05) is 0 Å². The molecule has 0 saturated carbocycles. The highest BCUT2D eigenvalue weighted by Crippen LogP contribution is 2.31. The van der Waals surface area contributed by atoms with Crippen molar-refractivity contribution in [2.45, 2.75) is 66.2 Å². The first-order valence-corrected chi connectivity index (χ1v) is 9.79. The summed E-state index contributed by atoms with van der Waals surface area (Å²) in [6.45, 7) is 8.28. The molecule has 26 heavy (non-hydrogen) atoms. The molecule has 2 aromatic carbocycles. The molecule has 0 saturated heterocycles. The highest BCUT2D eigenvalue weighted by molar-refractivity contribution is 5.25. The summed E-state index contributed by atoms with van der Waals surface area (Å²) in [4.78, 5) is 0. The molecule has 1 atom stereocenters. The van der Waals surface area contributed by atoms with Crippen molar-refractivity contribution in [1.29, 1.82) is 0 Å². The van der Waals surface area contributed by atoms with Gasteiger partial charge in [0, 0.05) is 0 Å². The fourth-order valence-electron chi connectivity index (χ4n) is 3.74. The summed E-state index contributed by atoms with van der Waals surface area (Å²) in [5.41, 5.74) is 3.66. The summed E-state index contributed by atoms with van der Waals surface area (Å²) in [5, 5.41) is 0. The van der Waals surface area contributed by atoms with Crippen LogP contribution in [-0.4, -0.2) is 0 Å². The molecule has 2 aromatic rings. The highest BCUT2D eigenvalue weighted by Gasteiger charge is 2.20. The Hall–Kier alpha value is -1.70. The van der Waals surface area contributed by atoms with E-state index in [2.05, 4.69) is 13.8 Å². The second-order valence-electron chi connectivity index (χ2n) is 7.35. The van der Waals surface area contributed by atoms with Crippen molar-refractivity contribution in [3.63, 3.8) is 0 Å². The van der Waals surface area contributed by atoms with E-state index in [0.29, 0.717) is 5.92 Å². The third kappa shape index (κ3) is 5.65. The molecule has 0 heterocycles. The van der Waals surface area contributed by atoms with Gasteiger partial charge in [0.15, 0.2) is 0 Å². The van der Waals surface area contributed by atoms with Gasteiger partial charge < -0.3 is 0 Å². The summed E-state index contributed by atoms with van der Waals surface area (Å²) in [5.74, 6) is 1.73. The van der Waals surface area contributed by atoms with Crippen molar-refractivity contribution in [1.82, 2.24) is 0 Å². The predicted molar refractivity (Wildman–Crippen MR) is 106 cm³/mol. The highest BCUT2D eigenvalue weighted by atomic mass is 19.1. The third-order valence-corrected chi connectivity index (χ3v) is 5.41. The largest absolute Gasteiger partial charge is 0.207 e. The molecular formula is C24H31F2. The number of hydrogen-bond donors (Lipinski definition) is 0. The van der Waals surface area contributed by atoms with E-state index in [9.17, 15) is 8.78 Å². The van der Waals surface area contributed by atoms with E-state index in [1.165, 1.54) is 5.92 Å². The van der Waals surface area contributed by atoms with Gasteiger partial charge in [0.1, 0.15) is 11.6 Å². The molecule has 1 radical (unpaired) electrons. The van der Waals surface area contributed by atoms with Crippen LogP contribution in [0.1, 0.15) is 61.8 Å². The minimum Gasteiger partial charge on any atom is -0.207 e. The first kappa shape index (κ1) is 20.6. The van der Waals surface area contributed by atoms with Crippen LogP contribution in [0.15, 0.2) is 36.4 Å². The van der Waals surface area contributed by atoms with Gasteiger partial charge in [-0.1, -0.05) is 50.1 Å². The summed E-state index contributed by atoms with van der Waals surface area (Å²) < 4.78 is 28.1. The lowest BCUT2D eigenvalue weighted by atomic mass is 9.80. The van der Waals surface area contributed by atoms with Gasteiger partial charge in [0.2, 0.25) is 0 Å². The predicted octanol–water partition coefficient (Wildman–Crippen LogP) is 7.16. The monoisotopic (exact) mass is 357 g/mol. The molecule has 0 amide bonds. The van der Waals surface area contributed by atoms with Crippen LogP contribution in [0, 0.1) is 37.3 Å². The minimum atomic E-state index is -0.110. The van der Waals surface area contributed by atoms with Gasteiger partial charge in [-0.3, -0.25) is 0 Å². The van der Waals surface area contributed by atoms with Gasteiger partial charge >= 0.3 is 0 Å². The molecule has 0 aliphatic carbocycles. The number of rotatable bonds is 9. The van der Waals surface area contributed by atoms with E-state index in [4.69, 9.17) is 0 Å². The van der Waals surface area contributed by atoms with Gasteiger partial charge in [0.25, 0.3) is 0 Å². The van der Waals surface area contributed by atoms with Gasteiger partial charge in [-0.2, -0.15) is 0 Å². The Kier molecular flexibility index (Phi) is 7.81. The minimum absolute atomic E-state index is 0.0975. The van der Waals surface area contributed by atoms with E-state index in [-0.39, 0.29) is 11.6 Å². The Bertz CT molecular complexity index is 705. The summed E-state index contributed by atoms with van der Waals surface area (Å²) in [6, 6.07) is 10.8. The van der Waals surface area contributed by atoms with Crippen LogP contribution in [0.3, 0.4) is 0 Å². The molecular weight excluding hydrogens is 326 g/mol. The van der Waals surface area contributed by atoms with Crippen LogP contribution >= 0.6 is 0 Å². The smallest absolute Gasteiger partial charge is 0.126 e. The number of aryl methyl sites for hydroxylation is 4. The zero-order valence-electron chi connectivity index (χ0n) is 16.5. The molecule has 2 rings (SSSR count). The lowest BCUT2D eigenvalue weighted by Crippen LogP contribution is -2.14. The SMILES string of the molecule is CC[C](CCc1cc(C)ccc1F)C(CC)CCc1ccc(C)cc1F. The maximum absolute atomic E-state index is 14.1. The molecule has 0 aliphatic rings. The van der Waals surface area contributed by atoms with Crippen LogP contribution in [0.5, 0.6) is 0 Å². The topological polar surface area (TPSA) is 0 Å². The summed E-state index contributed by atoms with van der Waals surface area (Å²) in [7, 11) is 0. The fraction of sp³-hybridized carbons (Fsp3) is 0.458. The third-order valence-electron chi connectivity index (χ3n) is 5.41. The summed E-state index contributed by atoms with van der Waals surface area (Å²) >= 11 is 0. The molecule has 0 bridgehead atoms. The van der Waals surface area contributed by atoms with Crippen molar-refractivity contribution in [3.8, 4) is 0 Å². The van der Waals surface area contributed by atoms with Crippen molar-refractivity contribution in [2.24, 2.45) is 5.92 Å². The average molecular weight is 358 g/mol. The molecule has 0 N–H and O–H groups in total. The molecule has 0 fully saturated rings. The van der Waals surface area contributed by atoms with Crippen LogP contribution in [0.2, 0.25) is 0 Å². The number of halogens is 2. The second-order valence-corrected chi connectivity index (χ2v) is 7.35. The van der Waals surface area contributed by atoms with Gasteiger partial charge in [-0.25, -0.2) is 8.78 Å². The van der Waals surface area contributed by atoms with E-state index in [1.807, 2.05) is 38.1 Å². The first-order valence-electron chi connectivity index (χ1n) is 9.79. The first-order chi connectivity index (χ1) is 12.4. The number of hydrogen-bond acceptors (Lipinski definition) is 0. The zero-order chi connectivity index (χ0) is 19.1. The Balaban J connectivity index is 1.98. The quantitative estimate of drug-likeness (QED) is 0.447. The molecule has 0 nitrogen and oxygen atoms in total. The van der Waals surface area contributed by atoms with Crippen LogP contribution in [0.4, 0.5) is 8.78 Å². The summed E-state index contributed by atoms with van der Waals surface area (Å²) in [6.07, 6.45) is 5.41. The number of benzene rings is 2. The maximum atomic E-state index is 14.1. The molecule has 2 heteroatoms. The Morgan fingerprint density at radius 3 is 2.19 bits per heavy atom. The van der Waals surface area contributed by atoms with E-state index < -0.39 is 0 Å². The van der Waals surface area contributed by atoms with Gasteiger partial charge in [0.05, 0.1) is 0 Å². The van der Waals surface area contributed by atoms with Crippen LogP contribution < -0.4 is 0 Å². The molecule has 0 aliphatic heterocycles. The van der Waals surface area contributed by atoms with E-state index in [1.54, 1.807) is 12.1 Å². The zero-order valence-corrected chi connectivity index (χ0v) is 16.5. The van der Waals surface area contributed by atoms with Crippen LogP contribution in [0.25, 0.3) is 0 Å². The maximum Gasteiger partial charge on any atom is 0.126 e. The average Bonchev–Trinajstić information content (AvgIpc) is 2.62. The van der Waals surface area contributed by atoms with Crippen molar-refractivity contribution in [3.05, 3.63) is 76.2 Å². The van der Waals surface area contributed by atoms with E-state index in [0.717, 1.165) is 60.8 Å². The molecule has 0 spiro atoms.